The maximum absolute atomic E-state index is 13.2. The fraction of sp³-hybridized carbons (Fsp3) is 0.750. The highest BCUT2D eigenvalue weighted by Crippen LogP contribution is 2.26. The predicted molar refractivity (Wildman–Crippen MR) is 110 cm³/mol. The third-order valence-corrected chi connectivity index (χ3v) is 6.22. The largest absolute Gasteiger partial charge is 0.480 e. The Bertz CT molecular complexity index is 729. The van der Waals surface area contributed by atoms with E-state index < -0.39 is 60.2 Å². The number of likely N-dealkylation sites (tertiary alicyclic amines) is 2. The summed E-state index contributed by atoms with van der Waals surface area (Å²) in [5, 5.41) is 11.9. The molecule has 31 heavy (non-hydrogen) atoms. The fourth-order valence-electron chi connectivity index (χ4n) is 4.15. The van der Waals surface area contributed by atoms with E-state index >= 15 is 0 Å². The van der Waals surface area contributed by atoms with E-state index in [0.717, 1.165) is 0 Å². The fourth-order valence-corrected chi connectivity index (χ4v) is 4.15. The molecule has 11 nitrogen and oxygen atoms in total. The normalized spacial score (nSPS) is 23.8. The summed E-state index contributed by atoms with van der Waals surface area (Å²) in [7, 11) is 0. The van der Waals surface area contributed by atoms with E-state index in [9.17, 15) is 29.1 Å². The minimum absolute atomic E-state index is 0.131. The second-order valence-corrected chi connectivity index (χ2v) is 8.36. The van der Waals surface area contributed by atoms with E-state index in [2.05, 4.69) is 5.32 Å². The standard InChI is InChI=1S/C20H33N5O6/c1-3-11(2)16(22)17(27)23-12(10-15(21)26)18(28)24-8-4-6-13(24)19(29)25-9-5-7-14(25)20(30)31/h11-14,16H,3-10,22H2,1-2H3,(H2,21,26)(H,23,27)(H,30,31). The van der Waals surface area contributed by atoms with Gasteiger partial charge in [0.25, 0.3) is 0 Å². The van der Waals surface area contributed by atoms with Crippen LogP contribution >= 0.6 is 0 Å². The van der Waals surface area contributed by atoms with E-state index in [1.165, 1.54) is 9.80 Å². The van der Waals surface area contributed by atoms with E-state index in [1.807, 2.05) is 6.92 Å². The highest BCUT2D eigenvalue weighted by Gasteiger charge is 2.43. The van der Waals surface area contributed by atoms with Crippen LogP contribution in [0.4, 0.5) is 0 Å². The third kappa shape index (κ3) is 5.72. The van der Waals surface area contributed by atoms with Crippen molar-refractivity contribution >= 4 is 29.6 Å². The van der Waals surface area contributed by atoms with E-state index in [-0.39, 0.29) is 12.5 Å². The van der Waals surface area contributed by atoms with Gasteiger partial charge in [0.2, 0.25) is 23.6 Å². The van der Waals surface area contributed by atoms with Gasteiger partial charge in [0, 0.05) is 13.1 Å². The molecule has 0 aromatic rings. The van der Waals surface area contributed by atoms with Gasteiger partial charge >= 0.3 is 5.97 Å². The number of aliphatic carboxylic acids is 1. The average molecular weight is 440 g/mol. The summed E-state index contributed by atoms with van der Waals surface area (Å²) in [5.74, 6) is -3.56. The Morgan fingerprint density at radius 3 is 2.19 bits per heavy atom. The average Bonchev–Trinajstić information content (AvgIpc) is 3.40. The molecule has 2 rings (SSSR count). The first-order valence-corrected chi connectivity index (χ1v) is 10.8. The number of rotatable bonds is 9. The highest BCUT2D eigenvalue weighted by molar-refractivity contribution is 5.96. The summed E-state index contributed by atoms with van der Waals surface area (Å²) in [6, 6.07) is -3.82. The van der Waals surface area contributed by atoms with E-state index in [0.29, 0.717) is 38.6 Å². The number of carboxylic acid groups (broad SMARTS) is 1. The number of carbonyl (C=O) groups is 5. The molecule has 2 fully saturated rings. The zero-order valence-corrected chi connectivity index (χ0v) is 18.1. The number of hydrogen-bond acceptors (Lipinski definition) is 6. The zero-order valence-electron chi connectivity index (χ0n) is 18.1. The maximum Gasteiger partial charge on any atom is 0.326 e. The lowest BCUT2D eigenvalue weighted by atomic mass is 9.98. The van der Waals surface area contributed by atoms with Crippen LogP contribution in [0, 0.1) is 5.92 Å². The Labute approximate surface area is 181 Å². The SMILES string of the molecule is CCC(C)C(N)C(=O)NC(CC(N)=O)C(=O)N1CCCC1C(=O)N1CCCC1C(=O)O. The molecule has 5 atom stereocenters. The quantitative estimate of drug-likeness (QED) is 0.348. The van der Waals surface area contributed by atoms with E-state index in [1.54, 1.807) is 6.92 Å². The van der Waals surface area contributed by atoms with Crippen LogP contribution in [0.3, 0.4) is 0 Å². The summed E-state index contributed by atoms with van der Waals surface area (Å²) in [6.45, 7) is 4.27. The minimum atomic E-state index is -1.23. The molecular weight excluding hydrogens is 406 g/mol. The van der Waals surface area contributed by atoms with Gasteiger partial charge in [-0.25, -0.2) is 4.79 Å². The molecule has 11 heteroatoms. The molecule has 0 aromatic heterocycles. The number of carbonyl (C=O) groups excluding carboxylic acids is 4. The molecule has 2 saturated heterocycles. The summed E-state index contributed by atoms with van der Waals surface area (Å²) in [5.41, 5.74) is 11.2. The van der Waals surface area contributed by atoms with Crippen molar-refractivity contribution in [3.05, 3.63) is 0 Å². The molecule has 2 heterocycles. The van der Waals surface area contributed by atoms with E-state index in [4.69, 9.17) is 11.5 Å². The molecule has 174 valence electrons. The lowest BCUT2D eigenvalue weighted by Gasteiger charge is -2.32. The number of nitrogens with zero attached hydrogens (tertiary/aromatic N) is 2. The van der Waals surface area contributed by atoms with Crippen molar-refractivity contribution in [1.29, 1.82) is 0 Å². The molecule has 0 aromatic carbocycles. The van der Waals surface area contributed by atoms with Crippen molar-refractivity contribution in [1.82, 2.24) is 15.1 Å². The molecule has 0 bridgehead atoms. The Balaban J connectivity index is 2.17. The first-order chi connectivity index (χ1) is 14.6. The number of nitrogens with one attached hydrogen (secondary N) is 1. The van der Waals surface area contributed by atoms with Crippen molar-refractivity contribution in [3.63, 3.8) is 0 Å². The van der Waals surface area contributed by atoms with Crippen LogP contribution in [-0.2, 0) is 24.0 Å². The first kappa shape index (κ1) is 24.6. The number of nitrogens with two attached hydrogens (primary N) is 2. The second-order valence-electron chi connectivity index (χ2n) is 8.36. The van der Waals surface area contributed by atoms with Crippen LogP contribution in [0.15, 0.2) is 0 Å². The molecule has 0 radical (unpaired) electrons. The molecule has 0 spiro atoms. The lowest BCUT2D eigenvalue weighted by Crippen LogP contribution is -2.58. The molecule has 4 amide bonds. The first-order valence-electron chi connectivity index (χ1n) is 10.8. The predicted octanol–water partition coefficient (Wildman–Crippen LogP) is -1.21. The maximum atomic E-state index is 13.2. The summed E-state index contributed by atoms with van der Waals surface area (Å²) >= 11 is 0. The van der Waals surface area contributed by atoms with Gasteiger partial charge in [-0.1, -0.05) is 20.3 Å². The van der Waals surface area contributed by atoms with Crippen LogP contribution in [0.25, 0.3) is 0 Å². The van der Waals surface area contributed by atoms with Crippen LogP contribution in [0.5, 0.6) is 0 Å². The molecular formula is C20H33N5O6. The number of primary amides is 1. The highest BCUT2D eigenvalue weighted by atomic mass is 16.4. The Kier molecular flexibility index (Phi) is 8.37. The Morgan fingerprint density at radius 2 is 1.65 bits per heavy atom. The van der Waals surface area contributed by atoms with Crippen molar-refractivity contribution in [2.45, 2.75) is 76.5 Å². The molecule has 6 N–H and O–H groups in total. The monoisotopic (exact) mass is 439 g/mol. The van der Waals surface area contributed by atoms with Crippen molar-refractivity contribution < 1.29 is 29.1 Å². The summed E-state index contributed by atoms with van der Waals surface area (Å²) < 4.78 is 0. The summed E-state index contributed by atoms with van der Waals surface area (Å²) in [6.07, 6.45) is 2.13. The number of carboxylic acids is 1. The molecule has 2 aliphatic rings. The molecule has 0 aliphatic carbocycles. The van der Waals surface area contributed by atoms with Crippen LogP contribution in [0.1, 0.15) is 52.4 Å². The number of amides is 4. The van der Waals surface area contributed by atoms with Gasteiger partial charge in [0.05, 0.1) is 12.5 Å². The van der Waals surface area contributed by atoms with Gasteiger partial charge in [-0.2, -0.15) is 0 Å². The Morgan fingerprint density at radius 1 is 1.06 bits per heavy atom. The summed E-state index contributed by atoms with van der Waals surface area (Å²) in [4.78, 5) is 64.4. The van der Waals surface area contributed by atoms with Gasteiger partial charge < -0.3 is 31.7 Å². The second kappa shape index (κ2) is 10.6. The molecule has 2 aliphatic heterocycles. The van der Waals surface area contributed by atoms with Crippen LogP contribution in [0.2, 0.25) is 0 Å². The van der Waals surface area contributed by atoms with Gasteiger partial charge in [-0.15, -0.1) is 0 Å². The van der Waals surface area contributed by atoms with Crippen molar-refractivity contribution in [2.24, 2.45) is 17.4 Å². The molecule has 5 unspecified atom stereocenters. The van der Waals surface area contributed by atoms with Gasteiger partial charge in [-0.3, -0.25) is 19.2 Å². The zero-order chi connectivity index (χ0) is 23.3. The molecule has 0 saturated carbocycles. The third-order valence-electron chi connectivity index (χ3n) is 6.22. The smallest absolute Gasteiger partial charge is 0.326 e. The van der Waals surface area contributed by atoms with Crippen LogP contribution < -0.4 is 16.8 Å². The van der Waals surface area contributed by atoms with Crippen LogP contribution in [-0.4, -0.2) is 81.8 Å². The van der Waals surface area contributed by atoms with Crippen molar-refractivity contribution in [3.8, 4) is 0 Å². The van der Waals surface area contributed by atoms with Crippen molar-refractivity contribution in [2.75, 3.05) is 13.1 Å². The van der Waals surface area contributed by atoms with Gasteiger partial charge in [0.15, 0.2) is 0 Å². The number of hydrogen-bond donors (Lipinski definition) is 4. The minimum Gasteiger partial charge on any atom is -0.480 e. The Hall–Kier alpha value is -2.69. The topological polar surface area (TPSA) is 176 Å². The van der Waals surface area contributed by atoms with Gasteiger partial charge in [-0.05, 0) is 31.6 Å². The lowest BCUT2D eigenvalue weighted by molar-refractivity contribution is -0.152. The van der Waals surface area contributed by atoms with Gasteiger partial charge in [0.1, 0.15) is 18.1 Å².